The van der Waals surface area contributed by atoms with E-state index in [4.69, 9.17) is 5.11 Å². The van der Waals surface area contributed by atoms with E-state index in [9.17, 15) is 4.79 Å². The van der Waals surface area contributed by atoms with Crippen molar-refractivity contribution >= 4 is 11.6 Å². The Hall–Kier alpha value is -1.51. The molecule has 1 aromatic rings. The van der Waals surface area contributed by atoms with Gasteiger partial charge in [0.05, 0.1) is 0 Å². The van der Waals surface area contributed by atoms with Gasteiger partial charge in [0.2, 0.25) is 5.91 Å². The Kier molecular flexibility index (Phi) is 2.90. The largest absolute Gasteiger partial charge is 0.508 e. The molecule has 1 aliphatic rings. The third kappa shape index (κ3) is 2.49. The molecule has 3 nitrogen and oxygen atoms in total. The summed E-state index contributed by atoms with van der Waals surface area (Å²) >= 11 is 0. The van der Waals surface area contributed by atoms with Crippen LogP contribution in [0.25, 0.3) is 0 Å². The molecule has 0 spiro atoms. The van der Waals surface area contributed by atoms with Crippen molar-refractivity contribution in [2.24, 2.45) is 5.92 Å². The molecule has 1 aromatic carbocycles. The van der Waals surface area contributed by atoms with Crippen molar-refractivity contribution in [3.63, 3.8) is 0 Å². The number of hydrogen-bond donors (Lipinski definition) is 2. The molecule has 80 valence electrons. The molecule has 1 fully saturated rings. The predicted molar refractivity (Wildman–Crippen MR) is 58.7 cm³/mol. The predicted octanol–water partition coefficient (Wildman–Crippen LogP) is 2.52. The zero-order chi connectivity index (χ0) is 10.7. The number of amides is 1. The second-order valence-electron chi connectivity index (χ2n) is 4.02. The fourth-order valence-electron chi connectivity index (χ4n) is 1.98. The molecule has 0 heterocycles. The molecule has 0 atom stereocenters. The lowest BCUT2D eigenvalue weighted by atomic mass is 10.1. The van der Waals surface area contributed by atoms with Crippen molar-refractivity contribution < 1.29 is 9.90 Å². The first-order chi connectivity index (χ1) is 7.25. The number of anilines is 1. The Balaban J connectivity index is 1.96. The minimum Gasteiger partial charge on any atom is -0.508 e. The van der Waals surface area contributed by atoms with E-state index in [0.717, 1.165) is 31.4 Å². The number of benzene rings is 1. The Morgan fingerprint density at radius 3 is 2.40 bits per heavy atom. The smallest absolute Gasteiger partial charge is 0.227 e. The van der Waals surface area contributed by atoms with Gasteiger partial charge in [0.25, 0.3) is 0 Å². The second kappa shape index (κ2) is 4.34. The second-order valence-corrected chi connectivity index (χ2v) is 4.02. The summed E-state index contributed by atoms with van der Waals surface area (Å²) in [6, 6.07) is 6.57. The highest BCUT2D eigenvalue weighted by atomic mass is 16.3. The average molecular weight is 205 g/mol. The third-order valence-corrected chi connectivity index (χ3v) is 2.86. The minimum absolute atomic E-state index is 0.109. The summed E-state index contributed by atoms with van der Waals surface area (Å²) in [5, 5.41) is 12.0. The standard InChI is InChI=1S/C12H15NO2/c14-11-7-5-10(6-8-11)13-12(15)9-3-1-2-4-9/h5-9,14H,1-4H2,(H,13,15). The van der Waals surface area contributed by atoms with Gasteiger partial charge >= 0.3 is 0 Å². The number of carbonyl (C=O) groups is 1. The van der Waals surface area contributed by atoms with Crippen molar-refractivity contribution in [2.45, 2.75) is 25.7 Å². The van der Waals surface area contributed by atoms with Crippen molar-refractivity contribution in [2.75, 3.05) is 5.32 Å². The van der Waals surface area contributed by atoms with Crippen LogP contribution in [0.3, 0.4) is 0 Å². The maximum atomic E-state index is 11.7. The van der Waals surface area contributed by atoms with Crippen LogP contribution in [0.1, 0.15) is 25.7 Å². The Bertz CT molecular complexity index is 339. The van der Waals surface area contributed by atoms with E-state index in [1.54, 1.807) is 24.3 Å². The van der Waals surface area contributed by atoms with Crippen LogP contribution in [-0.2, 0) is 4.79 Å². The molecule has 1 aliphatic carbocycles. The lowest BCUT2D eigenvalue weighted by Crippen LogP contribution is -2.20. The molecule has 1 amide bonds. The van der Waals surface area contributed by atoms with E-state index in [1.165, 1.54) is 0 Å². The molecular formula is C12H15NO2. The van der Waals surface area contributed by atoms with Crippen molar-refractivity contribution in [3.8, 4) is 5.75 Å². The van der Waals surface area contributed by atoms with E-state index >= 15 is 0 Å². The van der Waals surface area contributed by atoms with Crippen LogP contribution < -0.4 is 5.32 Å². The van der Waals surface area contributed by atoms with Crippen LogP contribution in [0.15, 0.2) is 24.3 Å². The van der Waals surface area contributed by atoms with Crippen LogP contribution in [0, 0.1) is 5.92 Å². The average Bonchev–Trinajstić information content (AvgIpc) is 2.74. The first-order valence-corrected chi connectivity index (χ1v) is 5.35. The van der Waals surface area contributed by atoms with Gasteiger partial charge in [-0.3, -0.25) is 4.79 Å². The van der Waals surface area contributed by atoms with Crippen LogP contribution >= 0.6 is 0 Å². The zero-order valence-corrected chi connectivity index (χ0v) is 8.57. The van der Waals surface area contributed by atoms with Crippen LogP contribution in [0.4, 0.5) is 5.69 Å². The Morgan fingerprint density at radius 1 is 1.20 bits per heavy atom. The molecule has 0 bridgehead atoms. The topological polar surface area (TPSA) is 49.3 Å². The molecule has 2 N–H and O–H groups in total. The monoisotopic (exact) mass is 205 g/mol. The van der Waals surface area contributed by atoms with Gasteiger partial charge < -0.3 is 10.4 Å². The normalized spacial score (nSPS) is 16.5. The number of hydrogen-bond acceptors (Lipinski definition) is 2. The molecule has 3 heteroatoms. The summed E-state index contributed by atoms with van der Waals surface area (Å²) in [5.41, 5.74) is 0.754. The van der Waals surface area contributed by atoms with Gasteiger partial charge in [-0.05, 0) is 37.1 Å². The molecule has 2 rings (SSSR count). The third-order valence-electron chi connectivity index (χ3n) is 2.86. The zero-order valence-electron chi connectivity index (χ0n) is 8.57. The van der Waals surface area contributed by atoms with Gasteiger partial charge in [0, 0.05) is 11.6 Å². The van der Waals surface area contributed by atoms with Gasteiger partial charge in [-0.1, -0.05) is 12.8 Å². The molecule has 0 aromatic heterocycles. The summed E-state index contributed by atoms with van der Waals surface area (Å²) in [4.78, 5) is 11.7. The fraction of sp³-hybridized carbons (Fsp3) is 0.417. The van der Waals surface area contributed by atoms with E-state index < -0.39 is 0 Å². The van der Waals surface area contributed by atoms with Crippen molar-refractivity contribution in [1.82, 2.24) is 0 Å². The van der Waals surface area contributed by atoms with E-state index in [0.29, 0.717) is 0 Å². The van der Waals surface area contributed by atoms with E-state index in [2.05, 4.69) is 5.32 Å². The fourth-order valence-corrected chi connectivity index (χ4v) is 1.98. The first-order valence-electron chi connectivity index (χ1n) is 5.35. The summed E-state index contributed by atoms with van der Waals surface area (Å²) in [7, 11) is 0. The molecule has 15 heavy (non-hydrogen) atoms. The van der Waals surface area contributed by atoms with Gasteiger partial charge in [-0.15, -0.1) is 0 Å². The van der Waals surface area contributed by atoms with Crippen LogP contribution in [0.5, 0.6) is 5.75 Å². The summed E-state index contributed by atoms with van der Waals surface area (Å²) in [5.74, 6) is 0.505. The number of phenols is 1. The molecule has 1 saturated carbocycles. The van der Waals surface area contributed by atoms with E-state index in [1.807, 2.05) is 0 Å². The Morgan fingerprint density at radius 2 is 1.80 bits per heavy atom. The number of rotatable bonds is 2. The molecule has 0 aliphatic heterocycles. The van der Waals surface area contributed by atoms with Gasteiger partial charge in [0.1, 0.15) is 5.75 Å². The van der Waals surface area contributed by atoms with Crippen LogP contribution in [0.2, 0.25) is 0 Å². The number of phenolic OH excluding ortho intramolecular Hbond substituents is 1. The highest BCUT2D eigenvalue weighted by molar-refractivity contribution is 5.92. The SMILES string of the molecule is O=C(Nc1ccc(O)cc1)C1CCCC1. The highest BCUT2D eigenvalue weighted by Crippen LogP contribution is 2.26. The molecular weight excluding hydrogens is 190 g/mol. The first kappa shape index (κ1) is 10.0. The van der Waals surface area contributed by atoms with Crippen molar-refractivity contribution in [1.29, 1.82) is 0 Å². The Labute approximate surface area is 89.1 Å². The summed E-state index contributed by atoms with van der Waals surface area (Å²) in [6.07, 6.45) is 4.33. The minimum atomic E-state index is 0.109. The number of aromatic hydroxyl groups is 1. The number of nitrogens with one attached hydrogen (secondary N) is 1. The molecule has 0 saturated heterocycles. The lowest BCUT2D eigenvalue weighted by Gasteiger charge is -2.09. The van der Waals surface area contributed by atoms with Crippen molar-refractivity contribution in [3.05, 3.63) is 24.3 Å². The van der Waals surface area contributed by atoms with E-state index in [-0.39, 0.29) is 17.6 Å². The van der Waals surface area contributed by atoms with Gasteiger partial charge in [-0.25, -0.2) is 0 Å². The summed E-state index contributed by atoms with van der Waals surface area (Å²) in [6.45, 7) is 0. The maximum Gasteiger partial charge on any atom is 0.227 e. The lowest BCUT2D eigenvalue weighted by molar-refractivity contribution is -0.119. The quantitative estimate of drug-likeness (QED) is 0.729. The molecule has 0 unspecified atom stereocenters. The summed E-state index contributed by atoms with van der Waals surface area (Å²) < 4.78 is 0. The van der Waals surface area contributed by atoms with Gasteiger partial charge in [-0.2, -0.15) is 0 Å². The molecule has 0 radical (unpaired) electrons. The number of carbonyl (C=O) groups excluding carboxylic acids is 1. The highest BCUT2D eigenvalue weighted by Gasteiger charge is 2.22. The maximum absolute atomic E-state index is 11.7. The van der Waals surface area contributed by atoms with Gasteiger partial charge in [0.15, 0.2) is 0 Å². The van der Waals surface area contributed by atoms with Crippen LogP contribution in [-0.4, -0.2) is 11.0 Å².